The molecule has 9 nitrogen and oxygen atoms in total. The van der Waals surface area contributed by atoms with Gasteiger partial charge in [-0.3, -0.25) is 15.0 Å². The van der Waals surface area contributed by atoms with Gasteiger partial charge in [0.2, 0.25) is 0 Å². The summed E-state index contributed by atoms with van der Waals surface area (Å²) >= 11 is 1.72. The molecule has 2 N–H and O–H groups in total. The SMILES string of the molecule is CN(C)Cc1ccc(CSCCN/C(=C/[N+](=O)[O-])NCCCOc2cccc(CN3CCCC3)c2)o1. The summed E-state index contributed by atoms with van der Waals surface area (Å²) in [5, 5.41) is 17.2. The molecule has 1 aliphatic heterocycles. The molecule has 1 aromatic heterocycles. The summed E-state index contributed by atoms with van der Waals surface area (Å²) in [5.41, 5.74) is 1.27. The lowest BCUT2D eigenvalue weighted by Crippen LogP contribution is -2.30. The van der Waals surface area contributed by atoms with Gasteiger partial charge in [-0.1, -0.05) is 12.1 Å². The average Bonchev–Trinajstić information content (AvgIpc) is 3.50. The van der Waals surface area contributed by atoms with Crippen LogP contribution in [0.15, 0.2) is 52.8 Å². The van der Waals surface area contributed by atoms with E-state index in [0.717, 1.165) is 54.5 Å². The number of nitro groups is 1. The Morgan fingerprint density at radius 3 is 2.75 bits per heavy atom. The minimum absolute atomic E-state index is 0.416. The topological polar surface area (TPSA) is 96.0 Å². The van der Waals surface area contributed by atoms with Crippen molar-refractivity contribution in [3.8, 4) is 5.75 Å². The molecule has 3 rings (SSSR count). The van der Waals surface area contributed by atoms with Crippen LogP contribution >= 0.6 is 11.8 Å². The maximum Gasteiger partial charge on any atom is 0.274 e. The van der Waals surface area contributed by atoms with Gasteiger partial charge in [0, 0.05) is 25.4 Å². The fourth-order valence-corrected chi connectivity index (χ4v) is 4.75. The number of hydrogen-bond acceptors (Lipinski definition) is 9. The highest BCUT2D eigenvalue weighted by Gasteiger charge is 2.12. The van der Waals surface area contributed by atoms with E-state index in [-0.39, 0.29) is 0 Å². The van der Waals surface area contributed by atoms with Crippen molar-refractivity contribution in [3.05, 3.63) is 75.6 Å². The van der Waals surface area contributed by atoms with E-state index >= 15 is 0 Å². The van der Waals surface area contributed by atoms with E-state index in [0.29, 0.717) is 25.5 Å². The first kappa shape index (κ1) is 27.9. The first-order valence-corrected chi connectivity index (χ1v) is 13.7. The molecule has 0 amide bonds. The van der Waals surface area contributed by atoms with Crippen LogP contribution in [0.25, 0.3) is 0 Å². The maximum atomic E-state index is 11.0. The number of furan rings is 1. The number of rotatable bonds is 17. The molecule has 1 saturated heterocycles. The fourth-order valence-electron chi connectivity index (χ4n) is 4.00. The zero-order chi connectivity index (χ0) is 25.6. The van der Waals surface area contributed by atoms with Gasteiger partial charge in [-0.15, -0.1) is 0 Å². The highest BCUT2D eigenvalue weighted by Crippen LogP contribution is 2.18. The minimum atomic E-state index is -0.444. The molecule has 0 saturated carbocycles. The lowest BCUT2D eigenvalue weighted by molar-refractivity contribution is -0.404. The number of benzene rings is 1. The number of likely N-dealkylation sites (tertiary alicyclic amines) is 1. The van der Waals surface area contributed by atoms with Crippen LogP contribution in [0.3, 0.4) is 0 Å². The van der Waals surface area contributed by atoms with Crippen LogP contribution in [0.2, 0.25) is 0 Å². The summed E-state index contributed by atoms with van der Waals surface area (Å²) in [5.74, 6) is 4.75. The van der Waals surface area contributed by atoms with E-state index < -0.39 is 4.92 Å². The number of hydrogen-bond donors (Lipinski definition) is 2. The zero-order valence-corrected chi connectivity index (χ0v) is 22.2. The maximum absolute atomic E-state index is 11.0. The van der Waals surface area contributed by atoms with Crippen LogP contribution in [0.5, 0.6) is 5.75 Å². The summed E-state index contributed by atoms with van der Waals surface area (Å²) in [6.45, 7) is 5.83. The molecule has 36 heavy (non-hydrogen) atoms. The van der Waals surface area contributed by atoms with E-state index in [1.807, 2.05) is 38.4 Å². The van der Waals surface area contributed by atoms with E-state index in [9.17, 15) is 10.1 Å². The van der Waals surface area contributed by atoms with E-state index in [1.54, 1.807) is 11.8 Å². The van der Waals surface area contributed by atoms with Gasteiger partial charge in [0.1, 0.15) is 17.3 Å². The summed E-state index contributed by atoms with van der Waals surface area (Å²) < 4.78 is 11.7. The summed E-state index contributed by atoms with van der Waals surface area (Å²) in [7, 11) is 4.02. The second-order valence-corrected chi connectivity index (χ2v) is 10.3. The third kappa shape index (κ3) is 10.9. The Hall–Kier alpha value is -2.69. The second kappa shape index (κ2) is 15.4. The van der Waals surface area contributed by atoms with E-state index in [1.165, 1.54) is 31.5 Å². The van der Waals surface area contributed by atoms with Crippen molar-refractivity contribution in [2.75, 3.05) is 52.6 Å². The number of ether oxygens (including phenoxy) is 1. The molecule has 2 aromatic rings. The van der Waals surface area contributed by atoms with Gasteiger partial charge in [-0.2, -0.15) is 11.8 Å². The van der Waals surface area contributed by atoms with Gasteiger partial charge in [-0.25, -0.2) is 0 Å². The van der Waals surface area contributed by atoms with Crippen LogP contribution in [-0.4, -0.2) is 67.4 Å². The van der Waals surface area contributed by atoms with Crippen LogP contribution in [0, 0.1) is 10.1 Å². The number of thioether (sulfide) groups is 1. The van der Waals surface area contributed by atoms with Gasteiger partial charge >= 0.3 is 0 Å². The molecule has 1 fully saturated rings. The van der Waals surface area contributed by atoms with Crippen LogP contribution in [0.1, 0.15) is 36.3 Å². The first-order valence-electron chi connectivity index (χ1n) is 12.5. The molecule has 0 spiro atoms. The molecule has 10 heteroatoms. The van der Waals surface area contributed by atoms with Crippen molar-refractivity contribution in [2.24, 2.45) is 0 Å². The molecule has 1 aromatic carbocycles. The Morgan fingerprint density at radius 2 is 1.97 bits per heavy atom. The van der Waals surface area contributed by atoms with Gasteiger partial charge in [0.25, 0.3) is 6.20 Å². The van der Waals surface area contributed by atoms with Gasteiger partial charge in [0.15, 0.2) is 5.82 Å². The van der Waals surface area contributed by atoms with Crippen molar-refractivity contribution in [3.63, 3.8) is 0 Å². The highest BCUT2D eigenvalue weighted by molar-refractivity contribution is 7.98. The predicted molar refractivity (Wildman–Crippen MR) is 144 cm³/mol. The smallest absolute Gasteiger partial charge is 0.274 e. The van der Waals surface area contributed by atoms with E-state index in [2.05, 4.69) is 32.6 Å². The monoisotopic (exact) mass is 517 g/mol. The Labute approximate surface area is 218 Å². The quantitative estimate of drug-likeness (QED) is 0.184. The first-order chi connectivity index (χ1) is 17.5. The normalized spacial score (nSPS) is 14.4. The fraction of sp³-hybridized carbons (Fsp3) is 0.538. The summed E-state index contributed by atoms with van der Waals surface area (Å²) in [6, 6.07) is 12.3. The van der Waals surface area contributed by atoms with Crippen molar-refractivity contribution in [1.82, 2.24) is 20.4 Å². The molecule has 0 aliphatic carbocycles. The van der Waals surface area contributed by atoms with Crippen molar-refractivity contribution < 1.29 is 14.1 Å². The molecule has 0 radical (unpaired) electrons. The standard InChI is InChI=1S/C26H39N5O4S/c1-29(2)19-24-9-10-25(35-24)21-36-16-12-28-26(20-31(32)33)27-11-6-15-34-23-8-5-7-22(17-23)18-30-13-3-4-14-30/h5,7-10,17,20,27-28H,3-4,6,11-16,18-19,21H2,1-2H3/b26-20+. The number of nitrogens with one attached hydrogen (secondary N) is 2. The van der Waals surface area contributed by atoms with Gasteiger partial charge in [-0.05, 0) is 76.3 Å². The largest absolute Gasteiger partial charge is 0.494 e. The third-order valence-electron chi connectivity index (χ3n) is 5.64. The molecule has 2 heterocycles. The molecule has 198 valence electrons. The Morgan fingerprint density at radius 1 is 1.19 bits per heavy atom. The molecule has 0 bridgehead atoms. The van der Waals surface area contributed by atoms with E-state index in [4.69, 9.17) is 9.15 Å². The second-order valence-electron chi connectivity index (χ2n) is 9.17. The molecule has 0 atom stereocenters. The summed E-state index contributed by atoms with van der Waals surface area (Å²) in [6.07, 6.45) is 4.28. The van der Waals surface area contributed by atoms with Crippen LogP contribution in [-0.2, 0) is 18.8 Å². The van der Waals surface area contributed by atoms with Crippen LogP contribution in [0.4, 0.5) is 0 Å². The summed E-state index contributed by atoms with van der Waals surface area (Å²) in [4.78, 5) is 15.1. The predicted octanol–water partition coefficient (Wildman–Crippen LogP) is 3.89. The molecular formula is C26H39N5O4S. The Kier molecular flexibility index (Phi) is 12.0. The third-order valence-corrected chi connectivity index (χ3v) is 6.62. The minimum Gasteiger partial charge on any atom is -0.494 e. The highest BCUT2D eigenvalue weighted by atomic mass is 32.2. The zero-order valence-electron chi connectivity index (χ0n) is 21.4. The molecular weight excluding hydrogens is 478 g/mol. The van der Waals surface area contributed by atoms with Gasteiger partial charge in [0.05, 0.1) is 23.8 Å². The molecule has 1 aliphatic rings. The average molecular weight is 518 g/mol. The van der Waals surface area contributed by atoms with Crippen molar-refractivity contribution >= 4 is 11.8 Å². The number of nitrogens with zero attached hydrogens (tertiary/aromatic N) is 3. The molecule has 0 unspecified atom stereocenters. The van der Waals surface area contributed by atoms with Crippen LogP contribution < -0.4 is 15.4 Å². The Balaban J connectivity index is 1.30. The lowest BCUT2D eigenvalue weighted by atomic mass is 10.2. The van der Waals surface area contributed by atoms with Crippen molar-refractivity contribution in [1.29, 1.82) is 0 Å². The Bertz CT molecular complexity index is 959. The van der Waals surface area contributed by atoms with Crippen molar-refractivity contribution in [2.45, 2.75) is 38.1 Å². The lowest BCUT2D eigenvalue weighted by Gasteiger charge is -2.15. The van der Waals surface area contributed by atoms with Gasteiger partial charge < -0.3 is 24.7 Å².